The predicted molar refractivity (Wildman–Crippen MR) is 85.1 cm³/mol. The number of carbonyl (C=O) groups is 1. The third kappa shape index (κ3) is 3.18. The molecule has 3 rings (SSSR count). The third-order valence-electron chi connectivity index (χ3n) is 3.08. The van der Waals surface area contributed by atoms with E-state index in [1.807, 2.05) is 0 Å². The summed E-state index contributed by atoms with van der Waals surface area (Å²) < 4.78 is 5.27. The average molecular weight is 333 g/mol. The summed E-state index contributed by atoms with van der Waals surface area (Å²) in [6, 6.07) is 10.1. The second-order valence-corrected chi connectivity index (χ2v) is 5.42. The van der Waals surface area contributed by atoms with Crippen molar-refractivity contribution in [2.45, 2.75) is 6.61 Å². The van der Waals surface area contributed by atoms with Crippen molar-refractivity contribution in [3.8, 4) is 0 Å². The fourth-order valence-electron chi connectivity index (χ4n) is 1.96. The molecule has 3 aromatic rings. The highest BCUT2D eigenvalue weighted by Crippen LogP contribution is 2.22. The number of hydrogen-bond donors (Lipinski definition) is 0. The van der Waals surface area contributed by atoms with E-state index < -0.39 is 5.97 Å². The van der Waals surface area contributed by atoms with Crippen LogP contribution in [0.5, 0.6) is 0 Å². The topological polar surface area (TPSA) is 52.1 Å². The summed E-state index contributed by atoms with van der Waals surface area (Å²) in [6.07, 6.45) is 3.17. The van der Waals surface area contributed by atoms with Crippen LogP contribution in [0.3, 0.4) is 0 Å². The minimum absolute atomic E-state index is 0.0767. The lowest BCUT2D eigenvalue weighted by Gasteiger charge is -2.07. The van der Waals surface area contributed by atoms with Gasteiger partial charge in [-0.1, -0.05) is 29.3 Å². The number of halogens is 2. The standard InChI is InChI=1S/C16H10Cl2N2O2/c17-12-3-1-11(13(18)8-12)9-22-16(21)10-2-4-14-15(7-10)20-6-5-19-14/h1-8H,9H2. The minimum atomic E-state index is -0.446. The zero-order valence-corrected chi connectivity index (χ0v) is 12.8. The monoisotopic (exact) mass is 332 g/mol. The molecule has 0 aliphatic heterocycles. The lowest BCUT2D eigenvalue weighted by atomic mass is 10.2. The smallest absolute Gasteiger partial charge is 0.338 e. The largest absolute Gasteiger partial charge is 0.457 e. The number of nitrogens with zero attached hydrogens (tertiary/aromatic N) is 2. The van der Waals surface area contributed by atoms with Crippen molar-refractivity contribution < 1.29 is 9.53 Å². The third-order valence-corrected chi connectivity index (χ3v) is 3.67. The average Bonchev–Trinajstić information content (AvgIpc) is 2.53. The molecule has 0 spiro atoms. The molecular weight excluding hydrogens is 323 g/mol. The van der Waals surface area contributed by atoms with Gasteiger partial charge in [0.2, 0.25) is 0 Å². The molecule has 0 atom stereocenters. The highest BCUT2D eigenvalue weighted by Gasteiger charge is 2.10. The van der Waals surface area contributed by atoms with Gasteiger partial charge in [-0.2, -0.15) is 0 Å². The normalized spacial score (nSPS) is 10.6. The van der Waals surface area contributed by atoms with Crippen LogP contribution in [0.4, 0.5) is 0 Å². The SMILES string of the molecule is O=C(OCc1ccc(Cl)cc1Cl)c1ccc2nccnc2c1. The van der Waals surface area contributed by atoms with Gasteiger partial charge < -0.3 is 4.74 Å². The predicted octanol–water partition coefficient (Wildman–Crippen LogP) is 4.29. The summed E-state index contributed by atoms with van der Waals surface area (Å²) >= 11 is 11.9. The number of ether oxygens (including phenoxy) is 1. The quantitative estimate of drug-likeness (QED) is 0.671. The van der Waals surface area contributed by atoms with Gasteiger partial charge in [0.05, 0.1) is 16.6 Å². The van der Waals surface area contributed by atoms with Gasteiger partial charge in [-0.15, -0.1) is 0 Å². The number of rotatable bonds is 3. The number of esters is 1. The van der Waals surface area contributed by atoms with Crippen LogP contribution >= 0.6 is 23.2 Å². The Morgan fingerprint density at radius 1 is 1.00 bits per heavy atom. The molecule has 0 fully saturated rings. The molecule has 22 heavy (non-hydrogen) atoms. The number of benzene rings is 2. The molecule has 0 bridgehead atoms. The van der Waals surface area contributed by atoms with E-state index in [1.165, 1.54) is 0 Å². The van der Waals surface area contributed by atoms with Crippen LogP contribution in [0.25, 0.3) is 11.0 Å². The zero-order valence-electron chi connectivity index (χ0n) is 11.3. The van der Waals surface area contributed by atoms with Crippen molar-refractivity contribution in [1.82, 2.24) is 9.97 Å². The van der Waals surface area contributed by atoms with Crippen molar-refractivity contribution in [1.29, 1.82) is 0 Å². The molecule has 0 saturated carbocycles. The van der Waals surface area contributed by atoms with Crippen LogP contribution in [-0.2, 0) is 11.3 Å². The van der Waals surface area contributed by atoms with Crippen molar-refractivity contribution in [2.24, 2.45) is 0 Å². The Morgan fingerprint density at radius 2 is 1.77 bits per heavy atom. The lowest BCUT2D eigenvalue weighted by molar-refractivity contribution is 0.0473. The fourth-order valence-corrected chi connectivity index (χ4v) is 2.42. The van der Waals surface area contributed by atoms with Crippen LogP contribution < -0.4 is 0 Å². The van der Waals surface area contributed by atoms with E-state index >= 15 is 0 Å². The number of hydrogen-bond acceptors (Lipinski definition) is 4. The van der Waals surface area contributed by atoms with Gasteiger partial charge in [0.25, 0.3) is 0 Å². The first kappa shape index (κ1) is 14.8. The summed E-state index contributed by atoms with van der Waals surface area (Å²) in [5, 5.41) is 0.998. The fraction of sp³-hybridized carbons (Fsp3) is 0.0625. The molecule has 0 radical (unpaired) electrons. The molecule has 0 amide bonds. The van der Waals surface area contributed by atoms with E-state index in [1.54, 1.807) is 48.8 Å². The van der Waals surface area contributed by atoms with Crippen LogP contribution in [0.2, 0.25) is 10.0 Å². The first-order chi connectivity index (χ1) is 10.6. The molecule has 0 saturated heterocycles. The molecular formula is C16H10Cl2N2O2. The minimum Gasteiger partial charge on any atom is -0.457 e. The molecule has 1 heterocycles. The Hall–Kier alpha value is -2.17. The Balaban J connectivity index is 1.75. The second kappa shape index (κ2) is 6.30. The Bertz CT molecular complexity index is 852. The van der Waals surface area contributed by atoms with E-state index in [4.69, 9.17) is 27.9 Å². The maximum atomic E-state index is 12.1. The Kier molecular flexibility index (Phi) is 4.22. The van der Waals surface area contributed by atoms with Crippen molar-refractivity contribution >= 4 is 40.2 Å². The molecule has 0 N–H and O–H groups in total. The summed E-state index contributed by atoms with van der Waals surface area (Å²) in [7, 11) is 0. The van der Waals surface area contributed by atoms with Gasteiger partial charge >= 0.3 is 5.97 Å². The van der Waals surface area contributed by atoms with Crippen molar-refractivity contribution in [3.63, 3.8) is 0 Å². The van der Waals surface area contributed by atoms with Gasteiger partial charge in [-0.3, -0.25) is 9.97 Å². The number of aromatic nitrogens is 2. The maximum Gasteiger partial charge on any atom is 0.338 e. The molecule has 0 aliphatic carbocycles. The Labute approximate surface area is 136 Å². The van der Waals surface area contributed by atoms with Crippen molar-refractivity contribution in [3.05, 3.63) is 70.0 Å². The summed E-state index contributed by atoms with van der Waals surface area (Å²) in [5.41, 5.74) is 2.47. The summed E-state index contributed by atoms with van der Waals surface area (Å²) in [6.45, 7) is 0.0767. The number of fused-ring (bicyclic) bond motifs is 1. The van der Waals surface area contributed by atoms with E-state index in [0.717, 1.165) is 5.52 Å². The van der Waals surface area contributed by atoms with E-state index in [-0.39, 0.29) is 6.61 Å². The van der Waals surface area contributed by atoms with Crippen LogP contribution in [0, 0.1) is 0 Å². The molecule has 1 aromatic heterocycles. The van der Waals surface area contributed by atoms with Crippen LogP contribution in [0.1, 0.15) is 15.9 Å². The zero-order chi connectivity index (χ0) is 15.5. The lowest BCUT2D eigenvalue weighted by Crippen LogP contribution is -2.05. The van der Waals surface area contributed by atoms with Crippen molar-refractivity contribution in [2.75, 3.05) is 0 Å². The highest BCUT2D eigenvalue weighted by atomic mass is 35.5. The summed E-state index contributed by atoms with van der Waals surface area (Å²) in [4.78, 5) is 20.4. The molecule has 6 heteroatoms. The second-order valence-electron chi connectivity index (χ2n) is 4.57. The maximum absolute atomic E-state index is 12.1. The first-order valence-electron chi connectivity index (χ1n) is 6.45. The molecule has 110 valence electrons. The first-order valence-corrected chi connectivity index (χ1v) is 7.21. The van der Waals surface area contributed by atoms with E-state index in [2.05, 4.69) is 9.97 Å². The van der Waals surface area contributed by atoms with Gasteiger partial charge in [0.1, 0.15) is 6.61 Å². The van der Waals surface area contributed by atoms with Gasteiger partial charge in [-0.05, 0) is 30.3 Å². The van der Waals surface area contributed by atoms with E-state index in [0.29, 0.717) is 26.7 Å². The van der Waals surface area contributed by atoms with Gasteiger partial charge in [0.15, 0.2) is 0 Å². The molecule has 0 aliphatic rings. The summed E-state index contributed by atoms with van der Waals surface area (Å²) in [5.74, 6) is -0.446. The molecule has 2 aromatic carbocycles. The van der Waals surface area contributed by atoms with Crippen LogP contribution in [-0.4, -0.2) is 15.9 Å². The molecule has 4 nitrogen and oxygen atoms in total. The van der Waals surface area contributed by atoms with Gasteiger partial charge in [-0.25, -0.2) is 4.79 Å². The van der Waals surface area contributed by atoms with E-state index in [9.17, 15) is 4.79 Å². The van der Waals surface area contributed by atoms with Crippen LogP contribution in [0.15, 0.2) is 48.8 Å². The van der Waals surface area contributed by atoms with Gasteiger partial charge in [0, 0.05) is 28.0 Å². The number of carbonyl (C=O) groups excluding carboxylic acids is 1. The molecule has 0 unspecified atom stereocenters. The highest BCUT2D eigenvalue weighted by molar-refractivity contribution is 6.35. The Morgan fingerprint density at radius 3 is 2.55 bits per heavy atom.